The molecule has 138 valence electrons. The third kappa shape index (κ3) is 4.14. The van der Waals surface area contributed by atoms with E-state index < -0.39 is 42.6 Å². The van der Waals surface area contributed by atoms with Gasteiger partial charge in [-0.15, -0.1) is 0 Å². The van der Waals surface area contributed by atoms with E-state index in [9.17, 15) is 9.59 Å². The Morgan fingerprint density at radius 3 is 2.76 bits per heavy atom. The number of esters is 2. The number of fused-ring (bicyclic) bond motifs is 1. The van der Waals surface area contributed by atoms with Gasteiger partial charge in [0, 0.05) is 20.2 Å². The fraction of sp³-hybridized carbons (Fsp3) is 0.600. The van der Waals surface area contributed by atoms with Crippen molar-refractivity contribution in [3.05, 3.63) is 29.3 Å². The second-order valence-corrected chi connectivity index (χ2v) is 7.08. The van der Waals surface area contributed by atoms with E-state index in [1.165, 1.54) is 12.1 Å². The van der Waals surface area contributed by atoms with Crippen LogP contribution in [-0.4, -0.2) is 31.3 Å². The number of para-hydroxylation sites is 1. The first-order valence-corrected chi connectivity index (χ1v) is 8.11. The van der Waals surface area contributed by atoms with E-state index in [1.807, 2.05) is 0 Å². The molecule has 0 fully saturated rings. The number of ether oxygens (including phenoxy) is 3. The van der Waals surface area contributed by atoms with Gasteiger partial charge in [-0.2, -0.15) is 0 Å². The van der Waals surface area contributed by atoms with Gasteiger partial charge in [-0.1, -0.05) is 25.1 Å². The summed E-state index contributed by atoms with van der Waals surface area (Å²) in [5, 5.41) is 0. The number of methoxy groups -OCH3 is 1. The highest BCUT2D eigenvalue weighted by molar-refractivity contribution is 5.85. The molecule has 1 aliphatic rings. The van der Waals surface area contributed by atoms with Gasteiger partial charge in [-0.05, 0) is 39.6 Å². The van der Waals surface area contributed by atoms with Crippen LogP contribution < -0.4 is 4.74 Å². The summed E-state index contributed by atoms with van der Waals surface area (Å²) in [4.78, 5) is 25.3. The highest BCUT2D eigenvalue weighted by Gasteiger charge is 2.43. The second-order valence-electron chi connectivity index (χ2n) is 7.08. The van der Waals surface area contributed by atoms with Gasteiger partial charge in [0.1, 0.15) is 11.4 Å². The Balaban J connectivity index is 2.64. The molecule has 0 saturated carbocycles. The van der Waals surface area contributed by atoms with Gasteiger partial charge in [0.25, 0.3) is 0 Å². The summed E-state index contributed by atoms with van der Waals surface area (Å²) in [6.45, 7) is -0.544. The van der Waals surface area contributed by atoms with Crippen LogP contribution in [0.15, 0.2) is 18.2 Å². The molecular weight excluding hydrogens is 320 g/mol. The first-order valence-electron chi connectivity index (χ1n) is 11.1. The number of hydrogen-bond donors (Lipinski definition) is 0. The van der Waals surface area contributed by atoms with Crippen LogP contribution >= 0.6 is 0 Å². The molecule has 0 N–H and O–H groups in total. The molecule has 0 radical (unpaired) electrons. The van der Waals surface area contributed by atoms with Crippen molar-refractivity contribution in [2.24, 2.45) is 5.92 Å². The number of rotatable bonds is 4. The summed E-state index contributed by atoms with van der Waals surface area (Å²) in [7, 11) is 1.10. The van der Waals surface area contributed by atoms with Crippen molar-refractivity contribution in [2.45, 2.75) is 58.3 Å². The monoisotopic (exact) mass is 354 g/mol. The van der Waals surface area contributed by atoms with E-state index >= 15 is 0 Å². The molecule has 1 unspecified atom stereocenters. The molecule has 0 spiro atoms. The minimum absolute atomic E-state index is 0.0850. The average molecular weight is 354 g/mol. The van der Waals surface area contributed by atoms with Crippen LogP contribution in [0.2, 0.25) is 0 Å². The van der Waals surface area contributed by atoms with Crippen LogP contribution in [0.3, 0.4) is 0 Å². The van der Waals surface area contributed by atoms with Crippen molar-refractivity contribution in [1.29, 1.82) is 0 Å². The zero-order valence-corrected chi connectivity index (χ0v) is 15.0. The first kappa shape index (κ1) is 12.3. The van der Waals surface area contributed by atoms with Gasteiger partial charge in [0.05, 0.1) is 25.0 Å². The van der Waals surface area contributed by atoms with Crippen LogP contribution in [0, 0.1) is 5.92 Å². The Labute approximate surface area is 158 Å². The molecule has 2 rings (SSSR count). The van der Waals surface area contributed by atoms with E-state index in [0.717, 1.165) is 7.11 Å². The summed E-state index contributed by atoms with van der Waals surface area (Å²) >= 11 is 0. The molecule has 1 aromatic carbocycles. The number of hydrogen-bond acceptors (Lipinski definition) is 5. The highest BCUT2D eigenvalue weighted by Crippen LogP contribution is 2.42. The second kappa shape index (κ2) is 7.06. The molecule has 0 saturated heterocycles. The number of benzene rings is 1. The van der Waals surface area contributed by atoms with Gasteiger partial charge >= 0.3 is 11.9 Å². The predicted molar refractivity (Wildman–Crippen MR) is 94.6 cm³/mol. The van der Waals surface area contributed by atoms with Crippen LogP contribution in [0.4, 0.5) is 0 Å². The van der Waals surface area contributed by atoms with Gasteiger partial charge in [-0.3, -0.25) is 9.59 Å². The minimum Gasteiger partial charge on any atom is -0.493 e. The van der Waals surface area contributed by atoms with E-state index in [-0.39, 0.29) is 30.8 Å². The Bertz CT molecular complexity index is 840. The summed E-state index contributed by atoms with van der Waals surface area (Å²) in [6, 6.07) is 4.53. The largest absolute Gasteiger partial charge is 0.493 e. The van der Waals surface area contributed by atoms with Crippen molar-refractivity contribution in [3.63, 3.8) is 0 Å². The predicted octanol–water partition coefficient (Wildman–Crippen LogP) is 3.42. The van der Waals surface area contributed by atoms with Crippen molar-refractivity contribution in [2.75, 3.05) is 13.7 Å². The quantitative estimate of drug-likeness (QED) is 0.775. The molecule has 25 heavy (non-hydrogen) atoms. The number of carbonyl (C=O) groups is 2. The molecule has 0 aromatic heterocycles. The zero-order valence-electron chi connectivity index (χ0n) is 21.0. The maximum atomic E-state index is 13.2. The summed E-state index contributed by atoms with van der Waals surface area (Å²) < 4.78 is 63.4. The lowest BCUT2D eigenvalue weighted by Crippen LogP contribution is -2.42. The summed E-state index contributed by atoms with van der Waals surface area (Å²) in [6.07, 6.45) is -0.397. The smallest absolute Gasteiger partial charge is 0.317 e. The Morgan fingerprint density at radius 2 is 2.16 bits per heavy atom. The molecular formula is C20H28O5. The van der Waals surface area contributed by atoms with E-state index in [4.69, 9.17) is 17.7 Å². The minimum atomic E-state index is -2.75. The molecule has 1 heterocycles. The molecule has 1 aromatic rings. The Morgan fingerprint density at radius 1 is 1.40 bits per heavy atom. The standard InChI is InChI=1S/C20H28O5/c1-13(17(21)23-6)12-14-8-7-9-15-16(14)24-11-10-20(15,5)18(22)25-19(2,3)4/h7-9,13H,10-12H2,1-6H3/t13-,20?/m1/s1/i1D3,5D3. The van der Waals surface area contributed by atoms with Crippen molar-refractivity contribution in [1.82, 2.24) is 0 Å². The van der Waals surface area contributed by atoms with Crippen molar-refractivity contribution in [3.8, 4) is 5.75 Å². The van der Waals surface area contributed by atoms with Crippen LogP contribution in [-0.2, 0) is 30.9 Å². The third-order valence-electron chi connectivity index (χ3n) is 3.94. The van der Waals surface area contributed by atoms with Gasteiger partial charge in [0.2, 0.25) is 0 Å². The van der Waals surface area contributed by atoms with Crippen LogP contribution in [0.25, 0.3) is 0 Å². The average Bonchev–Trinajstić information content (AvgIpc) is 2.61. The lowest BCUT2D eigenvalue weighted by Gasteiger charge is -2.36. The van der Waals surface area contributed by atoms with Crippen LogP contribution in [0.5, 0.6) is 5.75 Å². The highest BCUT2D eigenvalue weighted by atomic mass is 16.6. The first-order chi connectivity index (χ1) is 14.0. The fourth-order valence-corrected chi connectivity index (χ4v) is 2.72. The molecule has 0 aliphatic carbocycles. The molecule has 0 amide bonds. The molecule has 2 atom stereocenters. The molecule has 5 nitrogen and oxygen atoms in total. The lowest BCUT2D eigenvalue weighted by atomic mass is 9.76. The van der Waals surface area contributed by atoms with Gasteiger partial charge in [0.15, 0.2) is 0 Å². The van der Waals surface area contributed by atoms with Gasteiger partial charge in [-0.25, -0.2) is 0 Å². The molecule has 5 heteroatoms. The SMILES string of the molecule is [2H]C([2H])([2H])[C@H](Cc1cccc2c1OCCC2(C(=O)OC(C)(C)C)C([2H])([2H])[2H])C(=O)OC. The van der Waals surface area contributed by atoms with E-state index in [0.29, 0.717) is 5.56 Å². The topological polar surface area (TPSA) is 61.8 Å². The van der Waals surface area contributed by atoms with Crippen molar-refractivity contribution < 1.29 is 32.0 Å². The van der Waals surface area contributed by atoms with Crippen LogP contribution in [0.1, 0.15) is 60.2 Å². The fourth-order valence-electron chi connectivity index (χ4n) is 2.72. The van der Waals surface area contributed by atoms with E-state index in [2.05, 4.69) is 4.74 Å². The zero-order chi connectivity index (χ0) is 23.8. The maximum absolute atomic E-state index is 13.2. The molecule has 1 aliphatic heterocycles. The summed E-state index contributed by atoms with van der Waals surface area (Å²) in [5.74, 6) is -3.20. The van der Waals surface area contributed by atoms with Crippen molar-refractivity contribution >= 4 is 11.9 Å². The molecule has 0 bridgehead atoms. The van der Waals surface area contributed by atoms with E-state index in [1.54, 1.807) is 26.8 Å². The lowest BCUT2D eigenvalue weighted by molar-refractivity contribution is -0.162. The summed E-state index contributed by atoms with van der Waals surface area (Å²) in [5.41, 5.74) is -2.49. The Hall–Kier alpha value is -2.04. The number of carbonyl (C=O) groups excluding carboxylic acids is 2. The van der Waals surface area contributed by atoms with Gasteiger partial charge < -0.3 is 14.2 Å². The third-order valence-corrected chi connectivity index (χ3v) is 3.94. The normalized spacial score (nSPS) is 25.4. The Kier molecular flexibility index (Phi) is 3.48. The maximum Gasteiger partial charge on any atom is 0.317 e.